The molecule has 7 heteroatoms. The zero-order chi connectivity index (χ0) is 19.6. The number of rotatable bonds is 9. The molecule has 0 saturated carbocycles. The molecule has 2 heterocycles. The lowest BCUT2D eigenvalue weighted by Crippen LogP contribution is -2.34. The van der Waals surface area contributed by atoms with E-state index in [1.165, 1.54) is 12.4 Å². The van der Waals surface area contributed by atoms with Crippen molar-refractivity contribution in [1.82, 2.24) is 9.97 Å². The molecule has 0 spiro atoms. The van der Waals surface area contributed by atoms with E-state index in [0.29, 0.717) is 11.1 Å². The Morgan fingerprint density at radius 2 is 1.52 bits per heavy atom. The summed E-state index contributed by atoms with van der Waals surface area (Å²) < 4.78 is 10.2. The maximum atomic E-state index is 12.7. The lowest BCUT2D eigenvalue weighted by Gasteiger charge is -2.24. The van der Waals surface area contributed by atoms with E-state index in [9.17, 15) is 14.4 Å². The maximum Gasteiger partial charge on any atom is 0.320 e. The first-order valence-electron chi connectivity index (χ1n) is 8.74. The van der Waals surface area contributed by atoms with Crippen molar-refractivity contribution in [3.8, 4) is 0 Å². The molecule has 0 aliphatic heterocycles. The maximum absolute atomic E-state index is 12.7. The second-order valence-corrected chi connectivity index (χ2v) is 5.74. The van der Waals surface area contributed by atoms with Crippen molar-refractivity contribution in [2.75, 3.05) is 13.2 Å². The molecule has 0 N–H and O–H groups in total. The van der Waals surface area contributed by atoms with Gasteiger partial charge in [-0.1, -0.05) is 6.07 Å². The van der Waals surface area contributed by atoms with E-state index < -0.39 is 23.8 Å². The molecule has 0 radical (unpaired) electrons. The molecule has 0 fully saturated rings. The molecule has 0 aromatic carbocycles. The van der Waals surface area contributed by atoms with Crippen LogP contribution in [0, 0.1) is 5.92 Å². The molecule has 27 heavy (non-hydrogen) atoms. The number of hydrogen-bond donors (Lipinski definition) is 0. The Bertz CT molecular complexity index is 746. The van der Waals surface area contributed by atoms with Crippen LogP contribution in [0.15, 0.2) is 49.1 Å². The highest BCUT2D eigenvalue weighted by molar-refractivity contribution is 6.00. The Balaban J connectivity index is 2.40. The fourth-order valence-corrected chi connectivity index (χ4v) is 2.76. The summed E-state index contributed by atoms with van der Waals surface area (Å²) in [6.07, 6.45) is 6.04. The summed E-state index contributed by atoms with van der Waals surface area (Å²) in [7, 11) is 0. The predicted molar refractivity (Wildman–Crippen MR) is 96.9 cm³/mol. The topological polar surface area (TPSA) is 95.5 Å². The predicted octanol–water partition coefficient (Wildman–Crippen LogP) is 2.58. The Labute approximate surface area is 157 Å². The quantitative estimate of drug-likeness (QED) is 0.380. The molecule has 2 aromatic rings. The van der Waals surface area contributed by atoms with Gasteiger partial charge >= 0.3 is 11.9 Å². The van der Waals surface area contributed by atoms with E-state index >= 15 is 0 Å². The van der Waals surface area contributed by atoms with Crippen LogP contribution in [-0.4, -0.2) is 40.9 Å². The van der Waals surface area contributed by atoms with Gasteiger partial charge in [0.25, 0.3) is 0 Å². The van der Waals surface area contributed by atoms with Crippen LogP contribution in [-0.2, 0) is 19.1 Å². The number of carbonyl (C=O) groups excluding carboxylic acids is 3. The van der Waals surface area contributed by atoms with Gasteiger partial charge in [0.2, 0.25) is 0 Å². The molecule has 0 aliphatic rings. The van der Waals surface area contributed by atoms with Crippen molar-refractivity contribution >= 4 is 17.7 Å². The number of hydrogen-bond acceptors (Lipinski definition) is 7. The fourth-order valence-electron chi connectivity index (χ4n) is 2.76. The third-order valence-electron chi connectivity index (χ3n) is 3.98. The molecule has 1 unspecified atom stereocenters. The molecule has 2 aromatic heterocycles. The third-order valence-corrected chi connectivity index (χ3v) is 3.98. The number of ether oxygens (including phenoxy) is 2. The second-order valence-electron chi connectivity index (χ2n) is 5.74. The van der Waals surface area contributed by atoms with Crippen LogP contribution in [0.25, 0.3) is 0 Å². The van der Waals surface area contributed by atoms with Gasteiger partial charge in [-0.05, 0) is 37.6 Å². The smallest absolute Gasteiger partial charge is 0.320 e. The number of ketones is 1. The normalized spacial score (nSPS) is 11.7. The highest BCUT2D eigenvalue weighted by Crippen LogP contribution is 2.31. The van der Waals surface area contributed by atoms with Gasteiger partial charge in [0, 0.05) is 42.7 Å². The van der Waals surface area contributed by atoms with Gasteiger partial charge in [-0.25, -0.2) is 0 Å². The Kier molecular flexibility index (Phi) is 7.61. The SMILES string of the molecule is CCOC(=O)C(C(=O)OCC)C(CC(=O)c1cccnc1)c1cccnc1. The standard InChI is InChI=1S/C20H22N2O5/c1-3-26-19(24)18(20(25)27-4-2)16(14-7-5-9-21-12-14)11-17(23)15-8-6-10-22-13-15/h5-10,12-13,16,18H,3-4,11H2,1-2H3. The van der Waals surface area contributed by atoms with Crippen LogP contribution in [0.3, 0.4) is 0 Å². The summed E-state index contributed by atoms with van der Waals surface area (Å²) in [5.41, 5.74) is 0.985. The van der Waals surface area contributed by atoms with Crippen LogP contribution in [0.4, 0.5) is 0 Å². The summed E-state index contributed by atoms with van der Waals surface area (Å²) in [5.74, 6) is -3.69. The van der Waals surface area contributed by atoms with Crippen molar-refractivity contribution in [2.45, 2.75) is 26.2 Å². The minimum absolute atomic E-state index is 0.0836. The number of nitrogens with zero attached hydrogens (tertiary/aromatic N) is 2. The number of carbonyl (C=O) groups is 3. The Morgan fingerprint density at radius 3 is 2.00 bits per heavy atom. The molecule has 0 amide bonds. The van der Waals surface area contributed by atoms with Crippen molar-refractivity contribution in [1.29, 1.82) is 0 Å². The zero-order valence-corrected chi connectivity index (χ0v) is 15.3. The van der Waals surface area contributed by atoms with E-state index in [0.717, 1.165) is 0 Å². The van der Waals surface area contributed by atoms with Crippen LogP contribution >= 0.6 is 0 Å². The highest BCUT2D eigenvalue weighted by Gasteiger charge is 2.39. The number of aromatic nitrogens is 2. The van der Waals surface area contributed by atoms with Gasteiger partial charge in [-0.2, -0.15) is 0 Å². The molecule has 0 aliphatic carbocycles. The lowest BCUT2D eigenvalue weighted by atomic mass is 9.82. The first-order chi connectivity index (χ1) is 13.1. The summed E-state index contributed by atoms with van der Waals surface area (Å²) in [4.78, 5) is 45.8. The number of esters is 2. The van der Waals surface area contributed by atoms with Crippen molar-refractivity contribution in [2.24, 2.45) is 5.92 Å². The van der Waals surface area contributed by atoms with E-state index in [1.54, 1.807) is 50.5 Å². The summed E-state index contributed by atoms with van der Waals surface area (Å²) >= 11 is 0. The van der Waals surface area contributed by atoms with Crippen molar-refractivity contribution < 1.29 is 23.9 Å². The molecule has 7 nitrogen and oxygen atoms in total. The largest absolute Gasteiger partial charge is 0.465 e. The Hall–Kier alpha value is -3.09. The molecule has 142 valence electrons. The minimum Gasteiger partial charge on any atom is -0.465 e. The van der Waals surface area contributed by atoms with Gasteiger partial charge in [0.05, 0.1) is 13.2 Å². The third kappa shape index (κ3) is 5.44. The first-order valence-corrected chi connectivity index (χ1v) is 8.74. The van der Waals surface area contributed by atoms with E-state index in [-0.39, 0.29) is 25.4 Å². The van der Waals surface area contributed by atoms with Gasteiger partial charge in [-0.15, -0.1) is 0 Å². The average Bonchev–Trinajstić information content (AvgIpc) is 2.69. The van der Waals surface area contributed by atoms with Crippen LogP contribution in [0.5, 0.6) is 0 Å². The molecule has 0 bridgehead atoms. The first kappa shape index (κ1) is 20.2. The molecular weight excluding hydrogens is 348 g/mol. The lowest BCUT2D eigenvalue weighted by molar-refractivity contribution is -0.162. The minimum atomic E-state index is -1.25. The number of pyridine rings is 2. The van der Waals surface area contributed by atoms with E-state index in [1.807, 2.05) is 0 Å². The van der Waals surface area contributed by atoms with E-state index in [4.69, 9.17) is 9.47 Å². The average molecular weight is 370 g/mol. The highest BCUT2D eigenvalue weighted by atomic mass is 16.6. The van der Waals surface area contributed by atoms with Gasteiger partial charge in [-0.3, -0.25) is 24.4 Å². The second kappa shape index (κ2) is 10.2. The van der Waals surface area contributed by atoms with Crippen LogP contribution in [0.2, 0.25) is 0 Å². The monoisotopic (exact) mass is 370 g/mol. The molecule has 1 atom stereocenters. The zero-order valence-electron chi connectivity index (χ0n) is 15.3. The van der Waals surface area contributed by atoms with Crippen LogP contribution < -0.4 is 0 Å². The number of Topliss-reactive ketones (excluding diaryl/α,β-unsaturated/α-hetero) is 1. The molecule has 2 rings (SSSR count). The van der Waals surface area contributed by atoms with Gasteiger partial charge < -0.3 is 9.47 Å². The van der Waals surface area contributed by atoms with Crippen LogP contribution in [0.1, 0.15) is 42.1 Å². The summed E-state index contributed by atoms with van der Waals surface area (Å²) in [5, 5.41) is 0. The van der Waals surface area contributed by atoms with E-state index in [2.05, 4.69) is 9.97 Å². The molecular formula is C20H22N2O5. The molecule has 0 saturated heterocycles. The summed E-state index contributed by atoms with van der Waals surface area (Å²) in [6.45, 7) is 3.54. The van der Waals surface area contributed by atoms with Gasteiger partial charge in [0.1, 0.15) is 0 Å². The van der Waals surface area contributed by atoms with Crippen molar-refractivity contribution in [3.63, 3.8) is 0 Å². The van der Waals surface area contributed by atoms with Gasteiger partial charge in [0.15, 0.2) is 11.7 Å². The van der Waals surface area contributed by atoms with Crippen molar-refractivity contribution in [3.05, 3.63) is 60.2 Å². The summed E-state index contributed by atoms with van der Waals surface area (Å²) in [6, 6.07) is 6.70. The Morgan fingerprint density at radius 1 is 0.926 bits per heavy atom. The fraction of sp³-hybridized carbons (Fsp3) is 0.350.